The first kappa shape index (κ1) is 17.1. The molecule has 7 heteroatoms. The number of halogens is 1. The van der Waals surface area contributed by atoms with Gasteiger partial charge in [-0.25, -0.2) is 9.18 Å². The van der Waals surface area contributed by atoms with Crippen LogP contribution in [0.3, 0.4) is 0 Å². The molecule has 0 saturated heterocycles. The van der Waals surface area contributed by atoms with Gasteiger partial charge in [-0.1, -0.05) is 13.3 Å². The molecule has 0 N–H and O–H groups in total. The van der Waals surface area contributed by atoms with Gasteiger partial charge in [0, 0.05) is 30.7 Å². The Morgan fingerprint density at radius 3 is 2.56 bits per heavy atom. The lowest BCUT2D eigenvalue weighted by atomic mass is 10.1. The van der Waals surface area contributed by atoms with Crippen LogP contribution in [0.5, 0.6) is 5.75 Å². The van der Waals surface area contributed by atoms with E-state index in [1.807, 2.05) is 6.92 Å². The third kappa shape index (κ3) is 2.69. The van der Waals surface area contributed by atoms with Crippen LogP contribution < -0.4 is 16.0 Å². The van der Waals surface area contributed by atoms with Crippen molar-refractivity contribution >= 4 is 21.8 Å². The van der Waals surface area contributed by atoms with E-state index >= 15 is 0 Å². The molecule has 0 spiro atoms. The Morgan fingerprint density at radius 2 is 1.92 bits per heavy atom. The van der Waals surface area contributed by atoms with Gasteiger partial charge >= 0.3 is 5.69 Å². The van der Waals surface area contributed by atoms with Crippen LogP contribution in [0, 0.1) is 5.82 Å². The number of nitrogens with zero attached hydrogens (tertiary/aromatic N) is 3. The number of hydrogen-bond acceptors (Lipinski definition) is 4. The molecular formula is C18H20FN3O3. The average molecular weight is 345 g/mol. The number of benzene rings is 1. The molecule has 2 aromatic heterocycles. The largest absolute Gasteiger partial charge is 0.494 e. The highest BCUT2D eigenvalue weighted by Crippen LogP contribution is 2.29. The molecule has 0 atom stereocenters. The highest BCUT2D eigenvalue weighted by Gasteiger charge is 2.17. The van der Waals surface area contributed by atoms with Gasteiger partial charge in [0.05, 0.1) is 18.0 Å². The number of fused-ring (bicyclic) bond motifs is 3. The number of rotatable bonds is 5. The molecule has 0 aliphatic heterocycles. The van der Waals surface area contributed by atoms with E-state index in [2.05, 4.69) is 4.98 Å². The van der Waals surface area contributed by atoms with Crippen LogP contribution in [0.4, 0.5) is 4.39 Å². The van der Waals surface area contributed by atoms with Crippen molar-refractivity contribution in [3.05, 3.63) is 45.0 Å². The van der Waals surface area contributed by atoms with Gasteiger partial charge < -0.3 is 4.74 Å². The Hall–Kier alpha value is -2.70. The zero-order valence-corrected chi connectivity index (χ0v) is 14.5. The summed E-state index contributed by atoms with van der Waals surface area (Å²) >= 11 is 0. The first-order valence-corrected chi connectivity index (χ1v) is 8.33. The first-order chi connectivity index (χ1) is 12.0. The molecule has 132 valence electrons. The zero-order valence-electron chi connectivity index (χ0n) is 14.5. The molecule has 0 radical (unpaired) electrons. The second kappa shape index (κ2) is 6.66. The van der Waals surface area contributed by atoms with Crippen LogP contribution >= 0.6 is 0 Å². The summed E-state index contributed by atoms with van der Waals surface area (Å²) in [7, 11) is 1.43. The maximum Gasteiger partial charge on any atom is 0.331 e. The molecule has 0 aliphatic rings. The average Bonchev–Trinajstić information content (AvgIpc) is 2.61. The molecule has 0 saturated carbocycles. The third-order valence-corrected chi connectivity index (χ3v) is 4.35. The van der Waals surface area contributed by atoms with E-state index in [4.69, 9.17) is 4.74 Å². The van der Waals surface area contributed by atoms with Crippen LogP contribution in [0.2, 0.25) is 0 Å². The van der Waals surface area contributed by atoms with Gasteiger partial charge in [0.2, 0.25) is 0 Å². The van der Waals surface area contributed by atoms with Crippen molar-refractivity contribution in [2.75, 3.05) is 7.11 Å². The Morgan fingerprint density at radius 1 is 1.16 bits per heavy atom. The highest BCUT2D eigenvalue weighted by atomic mass is 19.1. The fourth-order valence-corrected chi connectivity index (χ4v) is 3.10. The lowest BCUT2D eigenvalue weighted by molar-refractivity contribution is 0.415. The topological polar surface area (TPSA) is 66.1 Å². The highest BCUT2D eigenvalue weighted by molar-refractivity contribution is 6.04. The fraction of sp³-hybridized carbons (Fsp3) is 0.389. The number of hydrogen-bond donors (Lipinski definition) is 0. The number of pyridine rings is 1. The van der Waals surface area contributed by atoms with Crippen LogP contribution in [-0.4, -0.2) is 21.2 Å². The van der Waals surface area contributed by atoms with Gasteiger partial charge in [0.15, 0.2) is 0 Å². The molecule has 0 aliphatic carbocycles. The van der Waals surface area contributed by atoms with Crippen molar-refractivity contribution in [2.24, 2.45) is 0 Å². The summed E-state index contributed by atoms with van der Waals surface area (Å²) < 4.78 is 22.0. The monoisotopic (exact) mass is 345 g/mol. The number of unbranched alkanes of at least 4 members (excludes halogenated alkanes) is 1. The van der Waals surface area contributed by atoms with Crippen LogP contribution in [0.1, 0.15) is 26.7 Å². The van der Waals surface area contributed by atoms with Crippen molar-refractivity contribution < 1.29 is 9.13 Å². The van der Waals surface area contributed by atoms with E-state index in [-0.39, 0.29) is 18.0 Å². The minimum atomic E-state index is -0.507. The molecule has 3 rings (SSSR count). The fourth-order valence-electron chi connectivity index (χ4n) is 3.10. The summed E-state index contributed by atoms with van der Waals surface area (Å²) in [5.41, 5.74) is 0.0442. The molecule has 0 unspecified atom stereocenters. The molecule has 0 amide bonds. The molecule has 0 fully saturated rings. The van der Waals surface area contributed by atoms with Gasteiger partial charge in [-0.15, -0.1) is 0 Å². The minimum Gasteiger partial charge on any atom is -0.494 e. The molecular weight excluding hydrogens is 325 g/mol. The Kier molecular flexibility index (Phi) is 4.57. The Labute approximate surface area is 143 Å². The smallest absolute Gasteiger partial charge is 0.331 e. The first-order valence-electron chi connectivity index (χ1n) is 8.33. The quantitative estimate of drug-likeness (QED) is 0.667. The standard InChI is InChI=1S/C18H20FN3O3/c1-4-6-7-22-16-12-8-11(19)9-14(25-3)15(12)20-10-13(16)17(23)21(5-2)18(22)24/h8-10H,4-7H2,1-3H3. The summed E-state index contributed by atoms with van der Waals surface area (Å²) in [6, 6.07) is 2.54. The van der Waals surface area contributed by atoms with Crippen LogP contribution in [0.25, 0.3) is 21.8 Å². The molecule has 2 heterocycles. The number of aryl methyl sites for hydroxylation is 1. The van der Waals surface area contributed by atoms with Gasteiger partial charge in [0.1, 0.15) is 17.1 Å². The Bertz CT molecular complexity index is 1070. The van der Waals surface area contributed by atoms with Crippen molar-refractivity contribution in [1.82, 2.24) is 14.1 Å². The Balaban J connectivity index is 2.57. The van der Waals surface area contributed by atoms with Gasteiger partial charge in [-0.2, -0.15) is 0 Å². The van der Waals surface area contributed by atoms with E-state index in [1.165, 1.54) is 30.0 Å². The lowest BCUT2D eigenvalue weighted by Crippen LogP contribution is -2.39. The SMILES string of the molecule is CCCCn1c(=O)n(CC)c(=O)c2cnc3c(OC)cc(F)cc3c21. The molecule has 1 aromatic carbocycles. The maximum absolute atomic E-state index is 14.1. The van der Waals surface area contributed by atoms with Crippen molar-refractivity contribution in [2.45, 2.75) is 39.8 Å². The molecule has 6 nitrogen and oxygen atoms in total. The number of aromatic nitrogens is 3. The van der Waals surface area contributed by atoms with Gasteiger partial charge in [-0.05, 0) is 19.4 Å². The van der Waals surface area contributed by atoms with Crippen LogP contribution in [0.15, 0.2) is 27.9 Å². The number of ether oxygens (including phenoxy) is 1. The second-order valence-corrected chi connectivity index (χ2v) is 5.86. The summed E-state index contributed by atoms with van der Waals surface area (Å²) in [6.07, 6.45) is 3.10. The summed E-state index contributed by atoms with van der Waals surface area (Å²) in [4.78, 5) is 29.8. The van der Waals surface area contributed by atoms with Gasteiger partial charge in [-0.3, -0.25) is 18.9 Å². The molecule has 3 aromatic rings. The van der Waals surface area contributed by atoms with Gasteiger partial charge in [0.25, 0.3) is 5.56 Å². The van der Waals surface area contributed by atoms with E-state index in [9.17, 15) is 14.0 Å². The summed E-state index contributed by atoms with van der Waals surface area (Å²) in [6.45, 7) is 4.48. The molecule has 0 bridgehead atoms. The van der Waals surface area contributed by atoms with Crippen molar-refractivity contribution in [3.8, 4) is 5.75 Å². The minimum absolute atomic E-state index is 0.268. The second-order valence-electron chi connectivity index (χ2n) is 5.86. The summed E-state index contributed by atoms with van der Waals surface area (Å²) in [5.74, 6) is -0.237. The summed E-state index contributed by atoms with van der Waals surface area (Å²) in [5, 5.41) is 0.709. The normalized spacial score (nSPS) is 11.4. The molecule has 25 heavy (non-hydrogen) atoms. The maximum atomic E-state index is 14.1. The third-order valence-electron chi connectivity index (χ3n) is 4.35. The van der Waals surface area contributed by atoms with E-state index in [0.29, 0.717) is 28.4 Å². The predicted molar refractivity (Wildman–Crippen MR) is 94.9 cm³/mol. The zero-order chi connectivity index (χ0) is 18.1. The van der Waals surface area contributed by atoms with E-state index in [0.717, 1.165) is 12.8 Å². The van der Waals surface area contributed by atoms with Crippen LogP contribution in [-0.2, 0) is 13.1 Å². The predicted octanol–water partition coefficient (Wildman–Crippen LogP) is 2.68. The van der Waals surface area contributed by atoms with E-state index in [1.54, 1.807) is 11.5 Å². The lowest BCUT2D eigenvalue weighted by Gasteiger charge is -2.15. The van der Waals surface area contributed by atoms with Crippen molar-refractivity contribution in [3.63, 3.8) is 0 Å². The number of methoxy groups -OCH3 is 1. The van der Waals surface area contributed by atoms with E-state index < -0.39 is 11.4 Å². The van der Waals surface area contributed by atoms with Crippen molar-refractivity contribution in [1.29, 1.82) is 0 Å².